The number of nitrogens with two attached hydrogens (primary N) is 1. The van der Waals surface area contributed by atoms with Gasteiger partial charge < -0.3 is 11.1 Å². The zero-order chi connectivity index (χ0) is 10.7. The number of hydrogen-bond acceptors (Lipinski definition) is 2. The molecule has 1 aliphatic rings. The minimum Gasteiger partial charge on any atom is -0.324 e. The van der Waals surface area contributed by atoms with E-state index in [1.54, 1.807) is 0 Å². The molecule has 3 N–H and O–H groups in total. The molecule has 0 spiro atoms. The number of rotatable bonds is 2. The summed E-state index contributed by atoms with van der Waals surface area (Å²) in [5.41, 5.74) is 7.53. The number of nitrogens with one attached hydrogen (secondary N) is 1. The van der Waals surface area contributed by atoms with E-state index in [-0.39, 0.29) is 6.04 Å². The summed E-state index contributed by atoms with van der Waals surface area (Å²) in [6, 6.07) is 8.57. The van der Waals surface area contributed by atoms with E-state index in [4.69, 9.17) is 5.73 Å². The highest BCUT2D eigenvalue weighted by Crippen LogP contribution is 2.27. The summed E-state index contributed by atoms with van der Waals surface area (Å²) in [6.07, 6.45) is 2.38. The fourth-order valence-corrected chi connectivity index (χ4v) is 2.42. The smallest absolute Gasteiger partial charge is 0.0324 e. The van der Waals surface area contributed by atoms with Crippen LogP contribution in [-0.4, -0.2) is 13.1 Å². The molecule has 1 unspecified atom stereocenters. The molecule has 0 bridgehead atoms. The van der Waals surface area contributed by atoms with Crippen LogP contribution in [0.5, 0.6) is 0 Å². The van der Waals surface area contributed by atoms with Gasteiger partial charge in [0.1, 0.15) is 0 Å². The van der Waals surface area contributed by atoms with E-state index in [1.807, 2.05) is 0 Å². The molecule has 3 heteroatoms. The molecule has 15 heavy (non-hydrogen) atoms. The Morgan fingerprint density at radius 3 is 2.40 bits per heavy atom. The second-order valence-electron chi connectivity index (χ2n) is 4.16. The molecule has 0 aromatic heterocycles. The third kappa shape index (κ3) is 2.80. The van der Waals surface area contributed by atoms with Gasteiger partial charge in [-0.1, -0.05) is 28.1 Å². The SMILES string of the molecule is NC(c1ccc(Br)cc1)C1CCNCC1. The molecule has 0 amide bonds. The molecule has 1 atom stereocenters. The predicted molar refractivity (Wildman–Crippen MR) is 66.7 cm³/mol. The lowest BCUT2D eigenvalue weighted by atomic mass is 9.87. The van der Waals surface area contributed by atoms with Crippen LogP contribution in [-0.2, 0) is 0 Å². The minimum atomic E-state index is 0.195. The lowest BCUT2D eigenvalue weighted by Crippen LogP contribution is -2.33. The lowest BCUT2D eigenvalue weighted by molar-refractivity contribution is 0.322. The van der Waals surface area contributed by atoms with E-state index in [9.17, 15) is 0 Å². The first-order valence-electron chi connectivity index (χ1n) is 5.49. The third-order valence-corrected chi connectivity index (χ3v) is 3.68. The quantitative estimate of drug-likeness (QED) is 0.865. The van der Waals surface area contributed by atoms with Crippen LogP contribution in [0.1, 0.15) is 24.4 Å². The second kappa shape index (κ2) is 5.10. The molecule has 0 aliphatic carbocycles. The topological polar surface area (TPSA) is 38.0 Å². The standard InChI is InChI=1S/C12H17BrN2/c13-11-3-1-9(2-4-11)12(14)10-5-7-15-8-6-10/h1-4,10,12,15H,5-8,14H2. The maximum absolute atomic E-state index is 6.28. The summed E-state index contributed by atoms with van der Waals surface area (Å²) >= 11 is 3.44. The molecule has 1 saturated heterocycles. The van der Waals surface area contributed by atoms with E-state index < -0.39 is 0 Å². The summed E-state index contributed by atoms with van der Waals surface area (Å²) in [5.74, 6) is 0.632. The van der Waals surface area contributed by atoms with Gasteiger partial charge in [-0.2, -0.15) is 0 Å². The second-order valence-corrected chi connectivity index (χ2v) is 5.08. The van der Waals surface area contributed by atoms with Crippen LogP contribution in [0.25, 0.3) is 0 Å². The molecule has 2 rings (SSSR count). The molecule has 82 valence electrons. The van der Waals surface area contributed by atoms with Crippen molar-refractivity contribution < 1.29 is 0 Å². The Morgan fingerprint density at radius 2 is 1.80 bits per heavy atom. The van der Waals surface area contributed by atoms with Gasteiger partial charge in [-0.3, -0.25) is 0 Å². The first-order chi connectivity index (χ1) is 7.27. The summed E-state index contributed by atoms with van der Waals surface area (Å²) in [4.78, 5) is 0. The maximum Gasteiger partial charge on any atom is 0.0324 e. The van der Waals surface area contributed by atoms with Crippen LogP contribution >= 0.6 is 15.9 Å². The van der Waals surface area contributed by atoms with E-state index in [0.29, 0.717) is 5.92 Å². The van der Waals surface area contributed by atoms with E-state index >= 15 is 0 Å². The van der Waals surface area contributed by atoms with Gasteiger partial charge in [-0.25, -0.2) is 0 Å². The van der Waals surface area contributed by atoms with Crippen LogP contribution in [0.3, 0.4) is 0 Å². The Balaban J connectivity index is 2.05. The van der Waals surface area contributed by atoms with Crippen molar-refractivity contribution in [1.29, 1.82) is 0 Å². The van der Waals surface area contributed by atoms with Gasteiger partial charge in [0.15, 0.2) is 0 Å². The molecule has 1 heterocycles. The number of hydrogen-bond donors (Lipinski definition) is 2. The van der Waals surface area contributed by atoms with E-state index in [1.165, 1.54) is 18.4 Å². The van der Waals surface area contributed by atoms with Crippen LogP contribution < -0.4 is 11.1 Å². The monoisotopic (exact) mass is 268 g/mol. The van der Waals surface area contributed by atoms with Crippen molar-refractivity contribution in [3.05, 3.63) is 34.3 Å². The Labute approximate surface area is 99.4 Å². The van der Waals surface area contributed by atoms with Crippen LogP contribution in [0.2, 0.25) is 0 Å². The normalized spacial score (nSPS) is 20.1. The fraction of sp³-hybridized carbons (Fsp3) is 0.500. The molecular weight excluding hydrogens is 252 g/mol. The molecule has 1 aromatic rings. The number of halogens is 1. The molecule has 2 nitrogen and oxygen atoms in total. The van der Waals surface area contributed by atoms with E-state index in [0.717, 1.165) is 17.6 Å². The van der Waals surface area contributed by atoms with Crippen LogP contribution in [0.4, 0.5) is 0 Å². The van der Waals surface area contributed by atoms with Gasteiger partial charge >= 0.3 is 0 Å². The van der Waals surface area contributed by atoms with Crippen molar-refractivity contribution in [2.24, 2.45) is 11.7 Å². The summed E-state index contributed by atoms with van der Waals surface area (Å²) in [5, 5.41) is 3.37. The first-order valence-corrected chi connectivity index (χ1v) is 6.28. The average molecular weight is 269 g/mol. The van der Waals surface area contributed by atoms with Crippen molar-refractivity contribution in [2.45, 2.75) is 18.9 Å². The zero-order valence-electron chi connectivity index (χ0n) is 8.75. The summed E-state index contributed by atoms with van der Waals surface area (Å²) in [7, 11) is 0. The Kier molecular flexibility index (Phi) is 3.78. The molecule has 1 aliphatic heterocycles. The molecular formula is C12H17BrN2. The van der Waals surface area contributed by atoms with Crippen LogP contribution in [0, 0.1) is 5.92 Å². The highest BCUT2D eigenvalue weighted by molar-refractivity contribution is 9.10. The zero-order valence-corrected chi connectivity index (χ0v) is 10.3. The molecule has 1 fully saturated rings. The van der Waals surface area contributed by atoms with Gasteiger partial charge in [-0.05, 0) is 49.5 Å². The molecule has 0 radical (unpaired) electrons. The lowest BCUT2D eigenvalue weighted by Gasteiger charge is -2.28. The Morgan fingerprint density at radius 1 is 1.20 bits per heavy atom. The van der Waals surface area contributed by atoms with Gasteiger partial charge in [-0.15, -0.1) is 0 Å². The maximum atomic E-state index is 6.28. The van der Waals surface area contributed by atoms with Crippen LogP contribution in [0.15, 0.2) is 28.7 Å². The fourth-order valence-electron chi connectivity index (χ4n) is 2.16. The van der Waals surface area contributed by atoms with Crippen molar-refractivity contribution >= 4 is 15.9 Å². The minimum absolute atomic E-state index is 0.195. The Bertz CT molecular complexity index is 304. The van der Waals surface area contributed by atoms with Crippen molar-refractivity contribution in [3.63, 3.8) is 0 Å². The largest absolute Gasteiger partial charge is 0.324 e. The predicted octanol–water partition coefficient (Wildman–Crippen LogP) is 2.45. The van der Waals surface area contributed by atoms with Crippen molar-refractivity contribution in [2.75, 3.05) is 13.1 Å². The van der Waals surface area contributed by atoms with E-state index in [2.05, 4.69) is 45.5 Å². The number of benzene rings is 1. The highest BCUT2D eigenvalue weighted by atomic mass is 79.9. The summed E-state index contributed by atoms with van der Waals surface area (Å²) < 4.78 is 1.11. The summed E-state index contributed by atoms with van der Waals surface area (Å²) in [6.45, 7) is 2.21. The average Bonchev–Trinajstić information content (AvgIpc) is 2.30. The number of piperidine rings is 1. The van der Waals surface area contributed by atoms with Crippen molar-refractivity contribution in [3.8, 4) is 0 Å². The van der Waals surface area contributed by atoms with Gasteiger partial charge in [0.05, 0.1) is 0 Å². The highest BCUT2D eigenvalue weighted by Gasteiger charge is 2.21. The van der Waals surface area contributed by atoms with Gasteiger partial charge in [0, 0.05) is 10.5 Å². The van der Waals surface area contributed by atoms with Gasteiger partial charge in [0.2, 0.25) is 0 Å². The first kappa shape index (κ1) is 11.1. The third-order valence-electron chi connectivity index (χ3n) is 3.15. The van der Waals surface area contributed by atoms with Crippen molar-refractivity contribution in [1.82, 2.24) is 5.32 Å². The van der Waals surface area contributed by atoms with Gasteiger partial charge in [0.25, 0.3) is 0 Å². The Hall–Kier alpha value is -0.380. The molecule has 0 saturated carbocycles. The molecule has 1 aromatic carbocycles.